The predicted molar refractivity (Wildman–Crippen MR) is 93.6 cm³/mol. The first-order valence-corrected chi connectivity index (χ1v) is 9.27. The number of anilines is 1. The molecule has 4 rings (SSSR count). The van der Waals surface area contributed by atoms with E-state index in [1.165, 1.54) is 75.1 Å². The molecule has 2 saturated carbocycles. The Morgan fingerprint density at radius 1 is 0.909 bits per heavy atom. The zero-order valence-electron chi connectivity index (χ0n) is 14.2. The lowest BCUT2D eigenvalue weighted by Gasteiger charge is -2.44. The van der Waals surface area contributed by atoms with Gasteiger partial charge in [0.25, 0.3) is 0 Å². The molecule has 0 radical (unpaired) electrons. The minimum absolute atomic E-state index is 0.902. The smallest absolute Gasteiger partial charge is 0.0399 e. The number of aryl methyl sites for hydroxylation is 2. The van der Waals surface area contributed by atoms with Crippen molar-refractivity contribution >= 4 is 5.69 Å². The summed E-state index contributed by atoms with van der Waals surface area (Å²) in [6, 6.07) is 7.77. The van der Waals surface area contributed by atoms with Gasteiger partial charge in [0.15, 0.2) is 0 Å². The molecular formula is C20H30N2. The van der Waals surface area contributed by atoms with E-state index in [2.05, 4.69) is 41.8 Å². The molecule has 3 unspecified atom stereocenters. The highest BCUT2D eigenvalue weighted by molar-refractivity contribution is 5.55. The number of rotatable bonds is 2. The van der Waals surface area contributed by atoms with Crippen LogP contribution in [0.4, 0.5) is 5.69 Å². The van der Waals surface area contributed by atoms with Crippen LogP contribution in [-0.4, -0.2) is 37.1 Å². The molecule has 2 nitrogen and oxygen atoms in total. The van der Waals surface area contributed by atoms with Gasteiger partial charge in [0, 0.05) is 37.9 Å². The van der Waals surface area contributed by atoms with Gasteiger partial charge >= 0.3 is 0 Å². The zero-order valence-corrected chi connectivity index (χ0v) is 14.2. The molecular weight excluding hydrogens is 268 g/mol. The van der Waals surface area contributed by atoms with Crippen LogP contribution >= 0.6 is 0 Å². The van der Waals surface area contributed by atoms with Crippen molar-refractivity contribution < 1.29 is 0 Å². The Bertz CT molecular complexity index is 531. The minimum Gasteiger partial charge on any atom is -0.369 e. The summed E-state index contributed by atoms with van der Waals surface area (Å²) in [5, 5.41) is 0. The molecule has 2 aliphatic carbocycles. The molecule has 3 fully saturated rings. The first-order chi connectivity index (χ1) is 10.7. The van der Waals surface area contributed by atoms with Gasteiger partial charge in [-0.05, 0) is 68.6 Å². The van der Waals surface area contributed by atoms with E-state index < -0.39 is 0 Å². The Labute approximate surface area is 135 Å². The average molecular weight is 298 g/mol. The van der Waals surface area contributed by atoms with Crippen molar-refractivity contribution in [1.82, 2.24) is 4.90 Å². The Balaban J connectivity index is 1.41. The molecule has 0 amide bonds. The van der Waals surface area contributed by atoms with Gasteiger partial charge in [-0.15, -0.1) is 0 Å². The number of hydrogen-bond acceptors (Lipinski definition) is 2. The van der Waals surface area contributed by atoms with Crippen LogP contribution in [0.5, 0.6) is 0 Å². The summed E-state index contributed by atoms with van der Waals surface area (Å²) < 4.78 is 0. The predicted octanol–water partition coefficient (Wildman–Crippen LogP) is 4.00. The maximum atomic E-state index is 2.83. The second-order valence-electron chi connectivity index (χ2n) is 7.90. The molecule has 2 heteroatoms. The van der Waals surface area contributed by atoms with E-state index in [0.29, 0.717) is 0 Å². The normalized spacial score (nSPS) is 32.5. The van der Waals surface area contributed by atoms with Crippen LogP contribution in [0.15, 0.2) is 18.2 Å². The van der Waals surface area contributed by atoms with Gasteiger partial charge < -0.3 is 4.90 Å². The molecule has 0 spiro atoms. The second-order valence-corrected chi connectivity index (χ2v) is 7.90. The Kier molecular flexibility index (Phi) is 3.89. The van der Waals surface area contributed by atoms with E-state index in [4.69, 9.17) is 0 Å². The second kappa shape index (κ2) is 5.88. The van der Waals surface area contributed by atoms with Crippen LogP contribution in [0.2, 0.25) is 0 Å². The summed E-state index contributed by atoms with van der Waals surface area (Å²) in [4.78, 5) is 5.44. The maximum Gasteiger partial charge on any atom is 0.0399 e. The number of nitrogens with zero attached hydrogens (tertiary/aromatic N) is 2. The van der Waals surface area contributed by atoms with Crippen LogP contribution in [0.1, 0.15) is 43.2 Å². The van der Waals surface area contributed by atoms with Crippen molar-refractivity contribution in [3.8, 4) is 0 Å². The van der Waals surface area contributed by atoms with Gasteiger partial charge in [0.2, 0.25) is 0 Å². The summed E-state index contributed by atoms with van der Waals surface area (Å²) in [5.74, 6) is 2.10. The van der Waals surface area contributed by atoms with E-state index in [0.717, 1.165) is 17.9 Å². The van der Waals surface area contributed by atoms with Crippen molar-refractivity contribution in [2.45, 2.75) is 52.0 Å². The van der Waals surface area contributed by atoms with Crippen molar-refractivity contribution in [3.05, 3.63) is 29.3 Å². The van der Waals surface area contributed by atoms with E-state index in [1.807, 2.05) is 0 Å². The van der Waals surface area contributed by atoms with Gasteiger partial charge in [-0.25, -0.2) is 0 Å². The fourth-order valence-electron chi connectivity index (χ4n) is 5.20. The van der Waals surface area contributed by atoms with Crippen molar-refractivity contribution in [2.75, 3.05) is 31.1 Å². The third-order valence-corrected chi connectivity index (χ3v) is 6.49. The molecule has 0 N–H and O–H groups in total. The van der Waals surface area contributed by atoms with E-state index >= 15 is 0 Å². The first kappa shape index (κ1) is 14.6. The summed E-state index contributed by atoms with van der Waals surface area (Å²) in [6.07, 6.45) is 7.52. The summed E-state index contributed by atoms with van der Waals surface area (Å²) in [6.45, 7) is 9.39. The van der Waals surface area contributed by atoms with E-state index in [1.54, 1.807) is 0 Å². The summed E-state index contributed by atoms with van der Waals surface area (Å²) >= 11 is 0. The van der Waals surface area contributed by atoms with Gasteiger partial charge in [0.05, 0.1) is 0 Å². The minimum atomic E-state index is 0.902. The third-order valence-electron chi connectivity index (χ3n) is 6.49. The molecule has 1 aliphatic heterocycles. The summed E-state index contributed by atoms with van der Waals surface area (Å²) in [5.41, 5.74) is 4.27. The van der Waals surface area contributed by atoms with Crippen molar-refractivity contribution in [2.24, 2.45) is 11.8 Å². The number of fused-ring (bicyclic) bond motifs is 2. The highest BCUT2D eigenvalue weighted by Crippen LogP contribution is 2.44. The first-order valence-electron chi connectivity index (χ1n) is 9.27. The largest absolute Gasteiger partial charge is 0.369 e. The van der Waals surface area contributed by atoms with Crippen LogP contribution in [0.25, 0.3) is 0 Å². The SMILES string of the molecule is Cc1ccc(C)c(N2CCN(C3CCC4CCC3C4)CC2)c1. The number of piperazine rings is 1. The molecule has 3 aliphatic rings. The topological polar surface area (TPSA) is 6.48 Å². The van der Waals surface area contributed by atoms with Crippen LogP contribution in [0.3, 0.4) is 0 Å². The lowest BCUT2D eigenvalue weighted by molar-refractivity contribution is 0.103. The molecule has 1 aromatic rings. The fourth-order valence-corrected chi connectivity index (χ4v) is 5.20. The third kappa shape index (κ3) is 2.67. The molecule has 2 bridgehead atoms. The maximum absolute atomic E-state index is 2.83. The Hall–Kier alpha value is -1.02. The summed E-state index contributed by atoms with van der Waals surface area (Å²) in [7, 11) is 0. The van der Waals surface area contributed by atoms with Crippen LogP contribution in [-0.2, 0) is 0 Å². The Morgan fingerprint density at radius 2 is 1.68 bits per heavy atom. The van der Waals surface area contributed by atoms with Crippen LogP contribution in [0, 0.1) is 25.7 Å². The Morgan fingerprint density at radius 3 is 2.50 bits per heavy atom. The molecule has 120 valence electrons. The lowest BCUT2D eigenvalue weighted by Crippen LogP contribution is -2.53. The average Bonchev–Trinajstić information content (AvgIpc) is 2.91. The van der Waals surface area contributed by atoms with Gasteiger partial charge in [-0.2, -0.15) is 0 Å². The zero-order chi connectivity index (χ0) is 15.1. The molecule has 1 heterocycles. The highest BCUT2D eigenvalue weighted by Gasteiger charge is 2.39. The monoisotopic (exact) mass is 298 g/mol. The highest BCUT2D eigenvalue weighted by atomic mass is 15.3. The standard InChI is InChI=1S/C20H30N2/c1-15-3-4-16(2)20(13-15)22-11-9-21(10-12-22)19-8-6-17-5-7-18(19)14-17/h3-4,13,17-19H,5-12,14H2,1-2H3. The van der Waals surface area contributed by atoms with Crippen molar-refractivity contribution in [1.29, 1.82) is 0 Å². The van der Waals surface area contributed by atoms with Gasteiger partial charge in [0.1, 0.15) is 0 Å². The van der Waals surface area contributed by atoms with Crippen LogP contribution < -0.4 is 4.90 Å². The quantitative estimate of drug-likeness (QED) is 0.814. The molecule has 3 atom stereocenters. The van der Waals surface area contributed by atoms with Gasteiger partial charge in [-0.3, -0.25) is 4.90 Å². The molecule has 22 heavy (non-hydrogen) atoms. The van der Waals surface area contributed by atoms with Gasteiger partial charge in [-0.1, -0.05) is 18.6 Å². The number of benzene rings is 1. The lowest BCUT2D eigenvalue weighted by atomic mass is 9.84. The molecule has 1 aromatic carbocycles. The van der Waals surface area contributed by atoms with Crippen molar-refractivity contribution in [3.63, 3.8) is 0 Å². The molecule has 1 saturated heterocycles. The van der Waals surface area contributed by atoms with E-state index in [9.17, 15) is 0 Å². The number of hydrogen-bond donors (Lipinski definition) is 0. The molecule has 0 aromatic heterocycles. The fraction of sp³-hybridized carbons (Fsp3) is 0.700. The van der Waals surface area contributed by atoms with E-state index in [-0.39, 0.29) is 0 Å².